The number of aliphatic hydroxyl groups is 1. The summed E-state index contributed by atoms with van der Waals surface area (Å²) in [5.41, 5.74) is 2.20. The zero-order valence-electron chi connectivity index (χ0n) is 16.9. The summed E-state index contributed by atoms with van der Waals surface area (Å²) < 4.78 is 20.6. The third kappa shape index (κ3) is 4.94. The van der Waals surface area contributed by atoms with Crippen molar-refractivity contribution in [1.29, 1.82) is 0 Å². The predicted octanol–water partition coefficient (Wildman–Crippen LogP) is 3.85. The molecule has 2 heterocycles. The average molecular weight is 429 g/mol. The topological polar surface area (TPSA) is 63.4 Å². The second kappa shape index (κ2) is 9.49. The van der Waals surface area contributed by atoms with E-state index >= 15 is 0 Å². The van der Waals surface area contributed by atoms with Crippen molar-refractivity contribution < 1.29 is 14.2 Å². The standard InChI is InChI=1S/C22H25FN4O2S/c1-16-4-8-18(9-5-16)27-21(26-12-2-3-13-26)24-25-22(27)30-15-19(28)14-29-20-10-6-17(23)7-11-20/h4-11,19,28H,2-3,12-15H2,1H3/t19-/m0/s1. The van der Waals surface area contributed by atoms with Crippen molar-refractivity contribution in [3.8, 4) is 11.4 Å². The van der Waals surface area contributed by atoms with Crippen molar-refractivity contribution in [1.82, 2.24) is 14.8 Å². The molecule has 30 heavy (non-hydrogen) atoms. The average Bonchev–Trinajstić information content (AvgIpc) is 3.42. The normalized spacial score (nSPS) is 14.8. The molecule has 4 rings (SSSR count). The van der Waals surface area contributed by atoms with Crippen LogP contribution in [0.5, 0.6) is 5.75 Å². The number of aromatic nitrogens is 3. The van der Waals surface area contributed by atoms with Gasteiger partial charge in [-0.25, -0.2) is 4.39 Å². The van der Waals surface area contributed by atoms with Crippen molar-refractivity contribution in [2.45, 2.75) is 31.0 Å². The molecule has 1 aliphatic rings. The van der Waals surface area contributed by atoms with Crippen LogP contribution in [0.25, 0.3) is 5.69 Å². The molecule has 2 aromatic carbocycles. The number of aliphatic hydroxyl groups excluding tert-OH is 1. The van der Waals surface area contributed by atoms with E-state index in [9.17, 15) is 9.50 Å². The van der Waals surface area contributed by atoms with Crippen LogP contribution < -0.4 is 9.64 Å². The van der Waals surface area contributed by atoms with Crippen LogP contribution >= 0.6 is 11.8 Å². The van der Waals surface area contributed by atoms with Crippen LogP contribution in [-0.4, -0.2) is 51.4 Å². The van der Waals surface area contributed by atoms with Gasteiger partial charge in [-0.05, 0) is 56.2 Å². The maximum atomic E-state index is 13.0. The Morgan fingerprint density at radius 1 is 1.07 bits per heavy atom. The van der Waals surface area contributed by atoms with Gasteiger partial charge in [0.2, 0.25) is 5.95 Å². The third-order valence-electron chi connectivity index (χ3n) is 4.96. The van der Waals surface area contributed by atoms with Gasteiger partial charge >= 0.3 is 0 Å². The first-order valence-corrected chi connectivity index (χ1v) is 11.1. The highest BCUT2D eigenvalue weighted by molar-refractivity contribution is 7.99. The zero-order valence-corrected chi connectivity index (χ0v) is 17.7. The lowest BCUT2D eigenvalue weighted by Gasteiger charge is -2.19. The molecule has 0 bridgehead atoms. The summed E-state index contributed by atoms with van der Waals surface area (Å²) in [6.45, 7) is 4.13. The van der Waals surface area contributed by atoms with E-state index in [4.69, 9.17) is 4.74 Å². The molecule has 1 saturated heterocycles. The second-order valence-electron chi connectivity index (χ2n) is 7.38. The van der Waals surface area contributed by atoms with Gasteiger partial charge in [0, 0.05) is 18.8 Å². The molecule has 1 aromatic heterocycles. The highest BCUT2D eigenvalue weighted by atomic mass is 32.2. The van der Waals surface area contributed by atoms with Gasteiger partial charge in [0.05, 0.1) is 11.8 Å². The highest BCUT2D eigenvalue weighted by Crippen LogP contribution is 2.29. The number of hydrogen-bond donors (Lipinski definition) is 1. The third-order valence-corrected chi connectivity index (χ3v) is 6.03. The van der Waals surface area contributed by atoms with Crippen LogP contribution in [-0.2, 0) is 0 Å². The van der Waals surface area contributed by atoms with E-state index in [2.05, 4.69) is 50.9 Å². The molecule has 1 N–H and O–H groups in total. The summed E-state index contributed by atoms with van der Waals surface area (Å²) in [4.78, 5) is 2.25. The maximum Gasteiger partial charge on any atom is 0.232 e. The number of ether oxygens (including phenoxy) is 1. The van der Waals surface area contributed by atoms with Crippen LogP contribution in [0.4, 0.5) is 10.3 Å². The summed E-state index contributed by atoms with van der Waals surface area (Å²) in [6.07, 6.45) is 1.61. The fourth-order valence-corrected chi connectivity index (χ4v) is 4.19. The van der Waals surface area contributed by atoms with Gasteiger partial charge in [0.25, 0.3) is 0 Å². The van der Waals surface area contributed by atoms with E-state index in [1.165, 1.54) is 29.5 Å². The Hall–Kier alpha value is -2.58. The van der Waals surface area contributed by atoms with Crippen LogP contribution in [0.1, 0.15) is 18.4 Å². The monoisotopic (exact) mass is 428 g/mol. The van der Waals surface area contributed by atoms with Gasteiger partial charge in [-0.3, -0.25) is 4.57 Å². The molecule has 0 radical (unpaired) electrons. The number of benzene rings is 2. The van der Waals surface area contributed by atoms with Crippen LogP contribution in [0.3, 0.4) is 0 Å². The Balaban J connectivity index is 1.45. The van der Waals surface area contributed by atoms with Crippen molar-refractivity contribution in [2.24, 2.45) is 0 Å². The largest absolute Gasteiger partial charge is 0.491 e. The number of anilines is 1. The quantitative estimate of drug-likeness (QED) is 0.550. The first kappa shape index (κ1) is 20.7. The Morgan fingerprint density at radius 2 is 1.77 bits per heavy atom. The molecule has 0 unspecified atom stereocenters. The minimum Gasteiger partial charge on any atom is -0.491 e. The molecule has 158 valence electrons. The van der Waals surface area contributed by atoms with E-state index in [-0.39, 0.29) is 12.4 Å². The minimum atomic E-state index is -0.696. The van der Waals surface area contributed by atoms with Gasteiger partial charge in [-0.1, -0.05) is 29.5 Å². The fraction of sp³-hybridized carbons (Fsp3) is 0.364. The summed E-state index contributed by atoms with van der Waals surface area (Å²) >= 11 is 1.44. The maximum absolute atomic E-state index is 13.0. The molecular formula is C22H25FN4O2S. The summed E-state index contributed by atoms with van der Waals surface area (Å²) in [5, 5.41) is 19.9. The number of thioether (sulfide) groups is 1. The Morgan fingerprint density at radius 3 is 2.47 bits per heavy atom. The first-order valence-electron chi connectivity index (χ1n) is 10.1. The van der Waals surface area contributed by atoms with Crippen molar-refractivity contribution in [3.63, 3.8) is 0 Å². The lowest BCUT2D eigenvalue weighted by Crippen LogP contribution is -2.22. The Kier molecular flexibility index (Phi) is 6.54. The molecule has 8 heteroatoms. The number of aryl methyl sites for hydroxylation is 1. The summed E-state index contributed by atoms with van der Waals surface area (Å²) in [6, 6.07) is 14.0. The van der Waals surface area contributed by atoms with Gasteiger partial charge in [-0.2, -0.15) is 0 Å². The summed E-state index contributed by atoms with van der Waals surface area (Å²) in [5.74, 6) is 1.46. The van der Waals surface area contributed by atoms with Gasteiger partial charge in [0.1, 0.15) is 18.2 Å². The van der Waals surface area contributed by atoms with Gasteiger partial charge in [0.15, 0.2) is 5.16 Å². The lowest BCUT2D eigenvalue weighted by atomic mass is 10.2. The smallest absolute Gasteiger partial charge is 0.232 e. The Labute approximate surface area is 179 Å². The van der Waals surface area contributed by atoms with Gasteiger partial charge in [-0.15, -0.1) is 10.2 Å². The second-order valence-corrected chi connectivity index (χ2v) is 8.36. The van der Waals surface area contributed by atoms with Crippen molar-refractivity contribution in [2.75, 3.05) is 30.3 Å². The highest BCUT2D eigenvalue weighted by Gasteiger charge is 2.23. The Bertz CT molecular complexity index is 956. The molecule has 3 aromatic rings. The molecule has 1 atom stereocenters. The molecule has 0 spiro atoms. The van der Waals surface area contributed by atoms with Crippen LogP contribution in [0.15, 0.2) is 53.7 Å². The van der Waals surface area contributed by atoms with Crippen molar-refractivity contribution in [3.05, 3.63) is 59.9 Å². The van der Waals surface area contributed by atoms with E-state index in [0.29, 0.717) is 11.5 Å². The van der Waals surface area contributed by atoms with E-state index in [1.54, 1.807) is 12.1 Å². The van der Waals surface area contributed by atoms with E-state index < -0.39 is 6.10 Å². The molecule has 0 amide bonds. The molecular weight excluding hydrogens is 403 g/mol. The number of nitrogens with zero attached hydrogens (tertiary/aromatic N) is 4. The van der Waals surface area contributed by atoms with Crippen molar-refractivity contribution >= 4 is 17.7 Å². The summed E-state index contributed by atoms with van der Waals surface area (Å²) in [7, 11) is 0. The lowest BCUT2D eigenvalue weighted by molar-refractivity contribution is 0.126. The fourth-order valence-electron chi connectivity index (χ4n) is 3.34. The molecule has 6 nitrogen and oxygen atoms in total. The number of rotatable bonds is 8. The van der Waals surface area contributed by atoms with Crippen LogP contribution in [0, 0.1) is 12.7 Å². The SMILES string of the molecule is Cc1ccc(-n2c(SC[C@@H](O)COc3ccc(F)cc3)nnc2N2CCCC2)cc1. The molecule has 0 aliphatic carbocycles. The predicted molar refractivity (Wildman–Crippen MR) is 116 cm³/mol. The first-order chi connectivity index (χ1) is 14.6. The molecule has 1 fully saturated rings. The zero-order chi connectivity index (χ0) is 20.9. The number of halogens is 1. The molecule has 1 aliphatic heterocycles. The van der Waals surface area contributed by atoms with E-state index in [0.717, 1.165) is 42.7 Å². The minimum absolute atomic E-state index is 0.121. The number of hydrogen-bond acceptors (Lipinski definition) is 6. The van der Waals surface area contributed by atoms with Gasteiger partial charge < -0.3 is 14.7 Å². The van der Waals surface area contributed by atoms with Crippen LogP contribution in [0.2, 0.25) is 0 Å². The molecule has 0 saturated carbocycles. The van der Waals surface area contributed by atoms with E-state index in [1.807, 2.05) is 0 Å².